The van der Waals surface area contributed by atoms with Gasteiger partial charge in [0.25, 0.3) is 5.91 Å². The van der Waals surface area contributed by atoms with Crippen molar-refractivity contribution < 1.29 is 22.7 Å². The molecule has 0 radical (unpaired) electrons. The zero-order chi connectivity index (χ0) is 22.4. The number of ether oxygens (including phenoxy) is 1. The van der Waals surface area contributed by atoms with E-state index in [-0.39, 0.29) is 35.4 Å². The minimum absolute atomic E-state index is 0.0466. The van der Waals surface area contributed by atoms with Crippen molar-refractivity contribution in [2.45, 2.75) is 31.3 Å². The lowest BCUT2D eigenvalue weighted by Crippen LogP contribution is -2.49. The van der Waals surface area contributed by atoms with Crippen LogP contribution in [0.25, 0.3) is 0 Å². The number of thiophene rings is 1. The fraction of sp³-hybridized carbons (Fsp3) is 0.429. The van der Waals surface area contributed by atoms with E-state index >= 15 is 0 Å². The molecule has 1 aliphatic heterocycles. The third kappa shape index (κ3) is 5.91. The molecule has 1 aromatic carbocycles. The van der Waals surface area contributed by atoms with Crippen LogP contribution in [0.3, 0.4) is 0 Å². The van der Waals surface area contributed by atoms with Crippen LogP contribution in [-0.2, 0) is 26.1 Å². The van der Waals surface area contributed by atoms with Crippen LogP contribution in [-0.4, -0.2) is 56.9 Å². The number of nitrogens with one attached hydrogen (secondary N) is 2. The van der Waals surface area contributed by atoms with E-state index < -0.39 is 22.0 Å². The molecule has 0 bridgehead atoms. The number of carbonyl (C=O) groups is 2. The fourth-order valence-electron chi connectivity index (χ4n) is 3.19. The predicted molar refractivity (Wildman–Crippen MR) is 118 cm³/mol. The number of morpholine rings is 1. The van der Waals surface area contributed by atoms with Crippen molar-refractivity contribution in [3.8, 4) is 0 Å². The highest BCUT2D eigenvalue weighted by molar-refractivity contribution is 7.89. The lowest BCUT2D eigenvalue weighted by molar-refractivity contribution is -0.124. The lowest BCUT2D eigenvalue weighted by atomic mass is 10.0. The maximum atomic E-state index is 12.9. The summed E-state index contributed by atoms with van der Waals surface area (Å²) >= 11 is 1.54. The zero-order valence-electron chi connectivity index (χ0n) is 17.5. The second-order valence-corrected chi connectivity index (χ2v) is 10.5. The third-order valence-electron chi connectivity index (χ3n) is 4.96. The van der Waals surface area contributed by atoms with Crippen LogP contribution >= 0.6 is 11.3 Å². The Morgan fingerprint density at radius 1 is 1.16 bits per heavy atom. The van der Waals surface area contributed by atoms with Crippen molar-refractivity contribution in [3.63, 3.8) is 0 Å². The molecule has 8 nitrogen and oxygen atoms in total. The number of hydrogen-bond acceptors (Lipinski definition) is 6. The SMILES string of the molecule is CC(C)[C@H](NC(=O)c1cccc(S(=O)(=O)N2CCOCC2)c1)C(=O)NCc1cccs1. The van der Waals surface area contributed by atoms with Crippen LogP contribution in [0.4, 0.5) is 0 Å². The Bertz CT molecular complexity index is 1000. The summed E-state index contributed by atoms with van der Waals surface area (Å²) in [5, 5.41) is 7.52. The first kappa shape index (κ1) is 23.4. The van der Waals surface area contributed by atoms with Crippen LogP contribution in [0.5, 0.6) is 0 Å². The van der Waals surface area contributed by atoms with Crippen molar-refractivity contribution in [2.24, 2.45) is 5.92 Å². The first-order valence-corrected chi connectivity index (χ1v) is 12.4. The van der Waals surface area contributed by atoms with E-state index in [0.29, 0.717) is 19.8 Å². The first-order valence-electron chi connectivity index (χ1n) is 10.1. The molecule has 1 aromatic heterocycles. The van der Waals surface area contributed by atoms with Gasteiger partial charge in [0.05, 0.1) is 24.7 Å². The Morgan fingerprint density at radius 3 is 2.55 bits per heavy atom. The fourth-order valence-corrected chi connectivity index (χ4v) is 5.29. The van der Waals surface area contributed by atoms with Gasteiger partial charge in [0, 0.05) is 23.5 Å². The van der Waals surface area contributed by atoms with Gasteiger partial charge in [-0.15, -0.1) is 11.3 Å². The van der Waals surface area contributed by atoms with Crippen LogP contribution in [0, 0.1) is 5.92 Å². The van der Waals surface area contributed by atoms with Gasteiger partial charge in [-0.1, -0.05) is 26.0 Å². The number of nitrogens with zero attached hydrogens (tertiary/aromatic N) is 1. The molecule has 0 saturated carbocycles. The molecule has 2 amide bonds. The largest absolute Gasteiger partial charge is 0.379 e. The summed E-state index contributed by atoms with van der Waals surface area (Å²) < 4.78 is 32.3. The molecule has 0 aliphatic carbocycles. The minimum Gasteiger partial charge on any atom is -0.379 e. The second kappa shape index (κ2) is 10.4. The Labute approximate surface area is 186 Å². The van der Waals surface area contributed by atoms with E-state index in [0.717, 1.165) is 4.88 Å². The van der Waals surface area contributed by atoms with Crippen molar-refractivity contribution in [1.82, 2.24) is 14.9 Å². The van der Waals surface area contributed by atoms with Gasteiger partial charge in [0.1, 0.15) is 6.04 Å². The quantitative estimate of drug-likeness (QED) is 0.619. The van der Waals surface area contributed by atoms with Gasteiger partial charge in [-0.05, 0) is 35.6 Å². The Kier molecular flexibility index (Phi) is 7.82. The molecular formula is C21H27N3O5S2. The summed E-state index contributed by atoms with van der Waals surface area (Å²) in [6.45, 7) is 5.32. The van der Waals surface area contributed by atoms with Crippen molar-refractivity contribution in [2.75, 3.05) is 26.3 Å². The highest BCUT2D eigenvalue weighted by atomic mass is 32.2. The molecule has 0 unspecified atom stereocenters. The highest BCUT2D eigenvalue weighted by Crippen LogP contribution is 2.19. The smallest absolute Gasteiger partial charge is 0.251 e. The molecule has 10 heteroatoms. The average Bonchev–Trinajstić information content (AvgIpc) is 3.30. The maximum Gasteiger partial charge on any atom is 0.251 e. The third-order valence-corrected chi connectivity index (χ3v) is 7.73. The predicted octanol–water partition coefficient (Wildman–Crippen LogP) is 1.84. The summed E-state index contributed by atoms with van der Waals surface area (Å²) in [6, 6.07) is 8.97. The number of rotatable bonds is 8. The van der Waals surface area contributed by atoms with E-state index in [9.17, 15) is 18.0 Å². The van der Waals surface area contributed by atoms with Crippen molar-refractivity contribution in [1.29, 1.82) is 0 Å². The summed E-state index contributed by atoms with van der Waals surface area (Å²) in [4.78, 5) is 26.5. The molecule has 2 heterocycles. The molecule has 2 aromatic rings. The average molecular weight is 466 g/mol. The topological polar surface area (TPSA) is 105 Å². The number of benzene rings is 1. The standard InChI is InChI=1S/C21H27N3O5S2/c1-15(2)19(21(26)22-14-17-6-4-12-30-17)23-20(25)16-5-3-7-18(13-16)31(27,28)24-8-10-29-11-9-24/h3-7,12-13,15,19H,8-11,14H2,1-2H3,(H,22,26)(H,23,25)/t19-/m0/s1. The number of sulfonamides is 1. The number of amides is 2. The van der Waals surface area contributed by atoms with Gasteiger partial charge in [0.15, 0.2) is 0 Å². The van der Waals surface area contributed by atoms with Crippen LogP contribution in [0.2, 0.25) is 0 Å². The van der Waals surface area contributed by atoms with Gasteiger partial charge < -0.3 is 15.4 Å². The van der Waals surface area contributed by atoms with Crippen molar-refractivity contribution in [3.05, 3.63) is 52.2 Å². The molecule has 1 atom stereocenters. The van der Waals surface area contributed by atoms with E-state index in [4.69, 9.17) is 4.74 Å². The van der Waals surface area contributed by atoms with Gasteiger partial charge >= 0.3 is 0 Å². The first-order chi connectivity index (χ1) is 14.8. The molecule has 3 rings (SSSR count). The molecular weight excluding hydrogens is 438 g/mol. The summed E-state index contributed by atoms with van der Waals surface area (Å²) in [5.74, 6) is -0.926. The normalized spacial score (nSPS) is 16.1. The van der Waals surface area contributed by atoms with Gasteiger partial charge in [-0.3, -0.25) is 9.59 Å². The molecule has 1 aliphatic rings. The monoisotopic (exact) mass is 465 g/mol. The summed E-state index contributed by atoms with van der Waals surface area (Å²) in [5.41, 5.74) is 0.186. The molecule has 31 heavy (non-hydrogen) atoms. The summed E-state index contributed by atoms with van der Waals surface area (Å²) in [6.07, 6.45) is 0. The van der Waals surface area contributed by atoms with Crippen LogP contribution in [0.1, 0.15) is 29.1 Å². The molecule has 1 saturated heterocycles. The van der Waals surface area contributed by atoms with E-state index in [1.807, 2.05) is 31.4 Å². The molecule has 168 valence electrons. The highest BCUT2D eigenvalue weighted by Gasteiger charge is 2.28. The zero-order valence-corrected chi connectivity index (χ0v) is 19.2. The van der Waals surface area contributed by atoms with Gasteiger partial charge in [0.2, 0.25) is 15.9 Å². The van der Waals surface area contributed by atoms with Crippen LogP contribution < -0.4 is 10.6 Å². The van der Waals surface area contributed by atoms with E-state index in [1.54, 1.807) is 11.3 Å². The van der Waals surface area contributed by atoms with Gasteiger partial charge in [-0.25, -0.2) is 8.42 Å². The van der Waals surface area contributed by atoms with E-state index in [1.165, 1.54) is 28.6 Å². The van der Waals surface area contributed by atoms with E-state index in [2.05, 4.69) is 10.6 Å². The molecule has 1 fully saturated rings. The summed E-state index contributed by atoms with van der Waals surface area (Å²) in [7, 11) is -3.72. The Balaban J connectivity index is 1.70. The minimum atomic E-state index is -3.72. The van der Waals surface area contributed by atoms with Gasteiger partial charge in [-0.2, -0.15) is 4.31 Å². The molecule has 2 N–H and O–H groups in total. The Morgan fingerprint density at radius 2 is 1.90 bits per heavy atom. The lowest BCUT2D eigenvalue weighted by Gasteiger charge is -2.26. The Hall–Kier alpha value is -2.27. The molecule has 0 spiro atoms. The number of hydrogen-bond donors (Lipinski definition) is 2. The number of carbonyl (C=O) groups excluding carboxylic acids is 2. The van der Waals surface area contributed by atoms with Crippen molar-refractivity contribution >= 4 is 33.2 Å². The van der Waals surface area contributed by atoms with Crippen LogP contribution in [0.15, 0.2) is 46.7 Å². The maximum absolute atomic E-state index is 12.9. The second-order valence-electron chi connectivity index (χ2n) is 7.54.